The highest BCUT2D eigenvalue weighted by Crippen LogP contribution is 2.36. The second kappa shape index (κ2) is 30.4. The van der Waals surface area contributed by atoms with Gasteiger partial charge in [0.25, 0.3) is 5.56 Å². The van der Waals surface area contributed by atoms with Crippen molar-refractivity contribution in [2.45, 2.75) is 174 Å². The third-order valence-corrected chi connectivity index (χ3v) is 15.0. The summed E-state index contributed by atoms with van der Waals surface area (Å²) in [6, 6.07) is -0.111. The van der Waals surface area contributed by atoms with Crippen molar-refractivity contribution in [1.82, 2.24) is 40.6 Å². The minimum Gasteiger partial charge on any atom is -0.394 e. The second-order valence-electron chi connectivity index (χ2n) is 20.6. The zero-order chi connectivity index (χ0) is 62.0. The van der Waals surface area contributed by atoms with Crippen LogP contribution < -0.4 is 32.5 Å². The van der Waals surface area contributed by atoms with Gasteiger partial charge in [-0.25, -0.2) is 36.3 Å². The van der Waals surface area contributed by atoms with Gasteiger partial charge in [-0.1, -0.05) is 0 Å². The van der Waals surface area contributed by atoms with E-state index in [2.05, 4.69) is 16.0 Å². The number of aliphatic hydroxyl groups is 12. The molecule has 7 amide bonds. The fourth-order valence-corrected chi connectivity index (χ4v) is 10.3. The Morgan fingerprint density at radius 2 is 0.893 bits per heavy atom. The zero-order valence-corrected chi connectivity index (χ0v) is 44.4. The average molecular weight is 1230 g/mol. The maximum atomic E-state index is 13.7. The maximum absolute atomic E-state index is 13.7. The first-order chi connectivity index (χ1) is 39.8. The Kier molecular flexibility index (Phi) is 24.6. The summed E-state index contributed by atoms with van der Waals surface area (Å²) in [6.07, 6.45) is -25.6. The van der Waals surface area contributed by atoms with Crippen molar-refractivity contribution in [3.05, 3.63) is 33.1 Å². The molecule has 0 bridgehead atoms. The fourth-order valence-electron chi connectivity index (χ4n) is 10.3. The first kappa shape index (κ1) is 67.9. The number of alkyl halides is 5. The number of amides is 7. The number of H-pyrrole nitrogens is 1. The molecule has 32 nitrogen and oxygen atoms in total. The summed E-state index contributed by atoms with van der Waals surface area (Å²) in [7, 11) is 0. The second-order valence-corrected chi connectivity index (χ2v) is 20.6. The van der Waals surface area contributed by atoms with Crippen molar-refractivity contribution >= 4 is 29.8 Å². The number of carbonyl (C=O) groups is 5. The Morgan fingerprint density at radius 1 is 0.500 bits per heavy atom. The Balaban J connectivity index is 0.000000168. The first-order valence-corrected chi connectivity index (χ1v) is 26.7. The van der Waals surface area contributed by atoms with E-state index < -0.39 is 221 Å². The van der Waals surface area contributed by atoms with E-state index in [4.69, 9.17) is 49.2 Å². The van der Waals surface area contributed by atoms with Gasteiger partial charge in [0.2, 0.25) is 17.7 Å². The quantitative estimate of drug-likeness (QED) is 0.0968. The van der Waals surface area contributed by atoms with Gasteiger partial charge in [0, 0.05) is 38.3 Å². The maximum Gasteiger partial charge on any atom is 0.330 e. The average Bonchev–Trinajstić information content (AvgIpc) is 4.42. The van der Waals surface area contributed by atoms with Crippen LogP contribution in [0.4, 0.5) is 31.5 Å². The number of imide groups is 1. The predicted octanol–water partition coefficient (Wildman–Crippen LogP) is -8.13. The van der Waals surface area contributed by atoms with E-state index in [0.717, 1.165) is 21.7 Å². The van der Waals surface area contributed by atoms with Crippen molar-refractivity contribution in [1.29, 1.82) is 0 Å². The van der Waals surface area contributed by atoms with Crippen molar-refractivity contribution in [3.63, 3.8) is 0 Å². The van der Waals surface area contributed by atoms with Gasteiger partial charge in [-0.2, -0.15) is 0 Å². The van der Waals surface area contributed by atoms with Crippen LogP contribution in [-0.2, 0) is 38.1 Å². The number of hydrogen-bond acceptors (Lipinski definition) is 24. The lowest BCUT2D eigenvalue weighted by Gasteiger charge is -2.32. The molecule has 17 N–H and O–H groups in total. The summed E-state index contributed by atoms with van der Waals surface area (Å²) in [6.45, 7) is -1.56. The third-order valence-electron chi connectivity index (χ3n) is 15.0. The van der Waals surface area contributed by atoms with Gasteiger partial charge < -0.3 is 101 Å². The van der Waals surface area contributed by atoms with Crippen molar-refractivity contribution in [2.24, 2.45) is 11.8 Å². The number of aliphatic hydroxyl groups excluding tert-OH is 12. The fraction of sp³-hybridized carbons (Fsp3) is 0.809. The highest BCUT2D eigenvalue weighted by molar-refractivity contribution is 5.96. The van der Waals surface area contributed by atoms with Gasteiger partial charge in [-0.3, -0.25) is 43.8 Å². The van der Waals surface area contributed by atoms with Crippen molar-refractivity contribution in [3.8, 4) is 0 Å². The Morgan fingerprint density at radius 3 is 1.26 bits per heavy atom. The largest absolute Gasteiger partial charge is 0.394 e. The number of rotatable bonds is 10. The number of ether oxygens (including phenoxy) is 5. The number of halogens is 5. The van der Waals surface area contributed by atoms with Crippen LogP contribution in [0.2, 0.25) is 0 Å². The number of nitrogens with zero attached hydrogens (tertiary/aromatic N) is 3. The van der Waals surface area contributed by atoms with Crippen LogP contribution in [0.3, 0.4) is 0 Å². The molecular weight excluding hydrogens is 1160 g/mol. The lowest BCUT2D eigenvalue weighted by Crippen LogP contribution is -2.55. The normalized spacial score (nSPS) is 41.0. The van der Waals surface area contributed by atoms with Gasteiger partial charge in [-0.05, 0) is 32.1 Å². The van der Waals surface area contributed by atoms with E-state index in [1.54, 1.807) is 0 Å². The Hall–Kier alpha value is -5.20. The number of aromatic amines is 1. The highest BCUT2D eigenvalue weighted by Gasteiger charge is 2.53. The number of hydrogen-bond donors (Lipinski definition) is 17. The minimum absolute atomic E-state index is 0.0284. The molecule has 24 atom stereocenters. The Labute approximate surface area is 472 Å². The summed E-state index contributed by atoms with van der Waals surface area (Å²) in [5.41, 5.74) is -1.45. The minimum atomic E-state index is -1.85. The first-order valence-electron chi connectivity index (χ1n) is 26.7. The van der Waals surface area contributed by atoms with Gasteiger partial charge >= 0.3 is 17.8 Å². The molecular formula is C47H71F5N8O24. The molecule has 9 aliphatic heterocycles. The summed E-state index contributed by atoms with van der Waals surface area (Å²) in [4.78, 5) is 83.4. The number of nitrogens with one attached hydrogen (secondary N) is 5. The molecule has 0 aliphatic carbocycles. The van der Waals surface area contributed by atoms with Gasteiger partial charge in [-0.15, -0.1) is 0 Å². The van der Waals surface area contributed by atoms with Crippen LogP contribution in [-0.4, -0.2) is 292 Å². The standard InChI is InChI=1S/2C10H16FNO5.C9H13FN2O5.C9H11FN2O5.C9H15FN2O4/c2*11-7-8(15)5(3-13)17-9(7)4-1-2-6(14)12-10(4)16;2*10-6-7(15)4(3-13)17-8(6)12-2-1-5(14)11-9(12)16;10-6-7(14)5(4-13)16-8(6)12-3-1-2-11-9(12)15/h2*4-9,13-15H,1-3H2,(H,12,16);4,6-8,13,15H,1-3H2,(H,11,14,16);1-2,4,6-8,13,15H,3H2,(H,11,14,16);5-8,13-14H,1-4H2,(H,11,15)/t4?,5-,6+,7+,8-,9+;4?,5-,6-,7+,8-,9+;2*4-,6+,7-,8-;5-,6+,7-,8-/m11111/s1. The molecule has 1 aromatic heterocycles. The van der Waals surface area contributed by atoms with Crippen molar-refractivity contribution in [2.75, 3.05) is 52.7 Å². The number of carbonyl (C=O) groups excluding carboxylic acids is 5. The molecule has 9 fully saturated rings. The van der Waals surface area contributed by atoms with E-state index in [9.17, 15) is 91.3 Å². The number of urea groups is 2. The zero-order valence-electron chi connectivity index (χ0n) is 44.4. The van der Waals surface area contributed by atoms with Gasteiger partial charge in [0.15, 0.2) is 49.5 Å². The smallest absolute Gasteiger partial charge is 0.330 e. The van der Waals surface area contributed by atoms with E-state index in [1.807, 2.05) is 10.3 Å². The number of aromatic nitrogens is 2. The molecule has 9 aliphatic rings. The molecule has 10 heterocycles. The van der Waals surface area contributed by atoms with Crippen molar-refractivity contribution < 1.29 is 131 Å². The van der Waals surface area contributed by atoms with E-state index >= 15 is 0 Å². The number of piperidine rings is 2. The predicted molar refractivity (Wildman–Crippen MR) is 263 cm³/mol. The molecule has 2 unspecified atom stereocenters. The molecule has 9 saturated heterocycles. The molecule has 0 spiro atoms. The Bertz CT molecular complexity index is 2430. The lowest BCUT2D eigenvalue weighted by molar-refractivity contribution is -0.140. The molecule has 10 rings (SSSR count). The van der Waals surface area contributed by atoms with Crippen LogP contribution in [0, 0.1) is 11.8 Å². The lowest BCUT2D eigenvalue weighted by atomic mass is 9.89. The van der Waals surface area contributed by atoms with E-state index in [1.165, 1.54) is 4.90 Å². The molecule has 0 radical (unpaired) electrons. The summed E-state index contributed by atoms with van der Waals surface area (Å²) in [5.74, 6) is -2.87. The molecule has 0 saturated carbocycles. The van der Waals surface area contributed by atoms with Crippen LogP contribution >= 0.6 is 0 Å². The molecule has 37 heteroatoms. The van der Waals surface area contributed by atoms with E-state index in [0.29, 0.717) is 45.2 Å². The topological polar surface area (TPSA) is 484 Å². The van der Waals surface area contributed by atoms with Gasteiger partial charge in [0.1, 0.15) is 85.7 Å². The van der Waals surface area contributed by atoms with Crippen LogP contribution in [0.15, 0.2) is 21.9 Å². The summed E-state index contributed by atoms with van der Waals surface area (Å²) < 4.78 is 94.8. The SMILES string of the molecule is O=C1CCN([C@@H]2O[C@H](CO)[C@@H](O)[C@@H]2F)C(=O)N1.O=C1NCCCN1[C@@H]1O[C@H](CO)[C@@H](O)[C@@H]1F.O=C1N[C@@H](O)CCC1[C@@H]1O[C@H](CO)[C@@H](O)[C@@H]1F.O=C1N[C@H](O)CCC1[C@@H]1O[C@H](CO)[C@@H](O)[C@@H]1F.O=c1ccn([C@@H]2O[C@H](CO)[C@@H](O)[C@@H]2F)c(=O)[nH]1. The van der Waals surface area contributed by atoms with Gasteiger partial charge in [0.05, 0.1) is 44.9 Å². The summed E-state index contributed by atoms with van der Waals surface area (Å²) >= 11 is 0. The van der Waals surface area contributed by atoms with E-state index in [-0.39, 0.29) is 13.0 Å². The van der Waals surface area contributed by atoms with Crippen LogP contribution in [0.25, 0.3) is 0 Å². The monoisotopic (exact) mass is 1230 g/mol. The molecule has 84 heavy (non-hydrogen) atoms. The molecule has 478 valence electrons. The summed E-state index contributed by atoms with van der Waals surface area (Å²) in [5, 5.41) is 119. The van der Waals surface area contributed by atoms with Crippen LogP contribution in [0.1, 0.15) is 44.8 Å². The molecule has 0 aromatic carbocycles. The third kappa shape index (κ3) is 15.7. The molecule has 1 aromatic rings. The van der Waals surface area contributed by atoms with Crippen LogP contribution in [0.5, 0.6) is 0 Å². The highest BCUT2D eigenvalue weighted by atomic mass is 19.2.